The molecule has 0 aliphatic heterocycles. The Morgan fingerprint density at radius 3 is 2.35 bits per heavy atom. The van der Waals surface area contributed by atoms with Crippen molar-refractivity contribution in [2.45, 2.75) is 6.18 Å². The molecule has 0 aliphatic rings. The van der Waals surface area contributed by atoms with Crippen LogP contribution in [0.5, 0.6) is 0 Å². The summed E-state index contributed by atoms with van der Waals surface area (Å²) in [4.78, 5) is 22.3. The molecule has 2 heterocycles. The zero-order valence-electron chi connectivity index (χ0n) is 9.65. The normalized spacial score (nSPS) is 11.2. The van der Waals surface area contributed by atoms with Crippen LogP contribution in [0.15, 0.2) is 30.7 Å². The lowest BCUT2D eigenvalue weighted by atomic mass is 10.3. The fourth-order valence-corrected chi connectivity index (χ4v) is 1.36. The molecule has 0 saturated carbocycles. The number of amides is 1. The van der Waals surface area contributed by atoms with E-state index >= 15 is 0 Å². The van der Waals surface area contributed by atoms with Gasteiger partial charge in [0.2, 0.25) is 0 Å². The molecule has 0 aromatic carbocycles. The molecule has 1 N–H and O–H groups in total. The van der Waals surface area contributed by atoms with Crippen molar-refractivity contribution in [1.82, 2.24) is 15.0 Å². The van der Waals surface area contributed by atoms with Gasteiger partial charge in [-0.15, -0.1) is 0 Å². The Balaban J connectivity index is 2.10. The molecule has 5 nitrogen and oxygen atoms in total. The van der Waals surface area contributed by atoms with E-state index in [1.807, 2.05) is 0 Å². The van der Waals surface area contributed by atoms with Crippen LogP contribution in [0, 0.1) is 0 Å². The van der Waals surface area contributed by atoms with E-state index in [2.05, 4.69) is 20.3 Å². The first-order chi connectivity index (χ1) is 9.36. The summed E-state index contributed by atoms with van der Waals surface area (Å²) in [6.07, 6.45) is -1.29. The molecule has 0 spiro atoms. The summed E-state index contributed by atoms with van der Waals surface area (Å²) in [6.45, 7) is 0. The van der Waals surface area contributed by atoms with Crippen LogP contribution in [0.1, 0.15) is 16.2 Å². The summed E-state index contributed by atoms with van der Waals surface area (Å²) >= 11 is 5.51. The van der Waals surface area contributed by atoms with E-state index < -0.39 is 17.8 Å². The lowest BCUT2D eigenvalue weighted by Crippen LogP contribution is -2.15. The minimum Gasteiger partial charge on any atom is -0.319 e. The summed E-state index contributed by atoms with van der Waals surface area (Å²) in [5.74, 6) is -0.629. The Morgan fingerprint density at radius 1 is 1.10 bits per heavy atom. The van der Waals surface area contributed by atoms with Crippen molar-refractivity contribution in [3.05, 3.63) is 47.3 Å². The topological polar surface area (TPSA) is 67.8 Å². The SMILES string of the molecule is O=C(Nc1ccc(C(F)(F)F)nc1)c1cnc(Cl)cn1. The van der Waals surface area contributed by atoms with E-state index in [4.69, 9.17) is 11.6 Å². The van der Waals surface area contributed by atoms with Crippen molar-refractivity contribution in [2.24, 2.45) is 0 Å². The number of anilines is 1. The summed E-state index contributed by atoms with van der Waals surface area (Å²) in [5.41, 5.74) is -0.948. The van der Waals surface area contributed by atoms with Crippen LogP contribution in [0.25, 0.3) is 0 Å². The number of pyridine rings is 1. The first-order valence-corrected chi connectivity index (χ1v) is 5.56. The second-order valence-electron chi connectivity index (χ2n) is 3.61. The maximum atomic E-state index is 12.3. The molecule has 9 heteroatoms. The number of alkyl halides is 3. The number of carbonyl (C=O) groups is 1. The maximum Gasteiger partial charge on any atom is 0.433 e. The zero-order chi connectivity index (χ0) is 14.8. The van der Waals surface area contributed by atoms with Gasteiger partial charge in [0.25, 0.3) is 5.91 Å². The van der Waals surface area contributed by atoms with Crippen LogP contribution in [-0.2, 0) is 6.18 Å². The number of aromatic nitrogens is 3. The molecule has 2 rings (SSSR count). The Labute approximate surface area is 115 Å². The van der Waals surface area contributed by atoms with E-state index in [0.29, 0.717) is 0 Å². The first kappa shape index (κ1) is 14.2. The fourth-order valence-electron chi connectivity index (χ4n) is 1.26. The maximum absolute atomic E-state index is 12.3. The standard InChI is InChI=1S/C11H6ClF3N4O/c12-9-5-16-7(4-18-9)10(20)19-6-1-2-8(17-3-6)11(13,14)15/h1-5H,(H,19,20). The summed E-state index contributed by atoms with van der Waals surface area (Å²) in [5, 5.41) is 2.46. The first-order valence-electron chi connectivity index (χ1n) is 5.18. The van der Waals surface area contributed by atoms with E-state index in [-0.39, 0.29) is 16.5 Å². The molecule has 0 atom stereocenters. The third-order valence-electron chi connectivity index (χ3n) is 2.16. The fraction of sp³-hybridized carbons (Fsp3) is 0.0909. The van der Waals surface area contributed by atoms with Crippen LogP contribution < -0.4 is 5.32 Å². The van der Waals surface area contributed by atoms with Gasteiger partial charge < -0.3 is 5.32 Å². The zero-order valence-corrected chi connectivity index (χ0v) is 10.4. The molecule has 2 aromatic heterocycles. The van der Waals surface area contributed by atoms with Crippen molar-refractivity contribution in [1.29, 1.82) is 0 Å². The number of nitrogens with one attached hydrogen (secondary N) is 1. The molecule has 0 fully saturated rings. The smallest absolute Gasteiger partial charge is 0.319 e. The second kappa shape index (κ2) is 5.41. The van der Waals surface area contributed by atoms with Crippen molar-refractivity contribution in [3.8, 4) is 0 Å². The van der Waals surface area contributed by atoms with Crippen LogP contribution in [0.4, 0.5) is 18.9 Å². The molecular formula is C11H6ClF3N4O. The number of rotatable bonds is 2. The second-order valence-corrected chi connectivity index (χ2v) is 4.00. The summed E-state index contributed by atoms with van der Waals surface area (Å²) in [7, 11) is 0. The third-order valence-corrected chi connectivity index (χ3v) is 2.36. The minimum atomic E-state index is -4.52. The van der Waals surface area contributed by atoms with E-state index in [0.717, 1.165) is 24.5 Å². The van der Waals surface area contributed by atoms with E-state index in [9.17, 15) is 18.0 Å². The average molecular weight is 303 g/mol. The van der Waals surface area contributed by atoms with Gasteiger partial charge in [-0.05, 0) is 12.1 Å². The van der Waals surface area contributed by atoms with Gasteiger partial charge in [-0.1, -0.05) is 11.6 Å². The van der Waals surface area contributed by atoms with Gasteiger partial charge in [0.05, 0.1) is 24.3 Å². The van der Waals surface area contributed by atoms with E-state index in [1.54, 1.807) is 0 Å². The van der Waals surface area contributed by atoms with Gasteiger partial charge in [0.15, 0.2) is 0 Å². The Bertz CT molecular complexity index is 613. The molecular weight excluding hydrogens is 297 g/mol. The van der Waals surface area contributed by atoms with Gasteiger partial charge in [0, 0.05) is 0 Å². The predicted octanol–water partition coefficient (Wildman–Crippen LogP) is 2.80. The Hall–Kier alpha value is -2.22. The third kappa shape index (κ3) is 3.41. The number of nitrogens with zero attached hydrogens (tertiary/aromatic N) is 3. The van der Waals surface area contributed by atoms with Gasteiger partial charge in [-0.2, -0.15) is 13.2 Å². The highest BCUT2D eigenvalue weighted by atomic mass is 35.5. The minimum absolute atomic E-state index is 0.0192. The Morgan fingerprint density at radius 2 is 1.85 bits per heavy atom. The lowest BCUT2D eigenvalue weighted by molar-refractivity contribution is -0.141. The largest absolute Gasteiger partial charge is 0.433 e. The average Bonchev–Trinajstić information content (AvgIpc) is 2.39. The monoisotopic (exact) mass is 302 g/mol. The molecule has 0 unspecified atom stereocenters. The summed E-state index contributed by atoms with van der Waals surface area (Å²) < 4.78 is 36.9. The van der Waals surface area contributed by atoms with Crippen molar-refractivity contribution in [2.75, 3.05) is 5.32 Å². The van der Waals surface area contributed by atoms with Crippen LogP contribution in [-0.4, -0.2) is 20.9 Å². The highest BCUT2D eigenvalue weighted by Crippen LogP contribution is 2.27. The van der Waals surface area contributed by atoms with Crippen molar-refractivity contribution in [3.63, 3.8) is 0 Å². The molecule has 0 bridgehead atoms. The van der Waals surface area contributed by atoms with Crippen LogP contribution >= 0.6 is 11.6 Å². The summed E-state index contributed by atoms with van der Waals surface area (Å²) in [6, 6.07) is 1.86. The van der Waals surface area contributed by atoms with Crippen LogP contribution in [0.2, 0.25) is 5.15 Å². The quantitative estimate of drug-likeness (QED) is 0.926. The molecule has 1 amide bonds. The number of hydrogen-bond donors (Lipinski definition) is 1. The number of hydrogen-bond acceptors (Lipinski definition) is 4. The van der Waals surface area contributed by atoms with Gasteiger partial charge in [0.1, 0.15) is 16.5 Å². The lowest BCUT2D eigenvalue weighted by Gasteiger charge is -2.07. The van der Waals surface area contributed by atoms with Gasteiger partial charge in [-0.25, -0.2) is 15.0 Å². The van der Waals surface area contributed by atoms with Crippen molar-refractivity contribution >= 4 is 23.2 Å². The van der Waals surface area contributed by atoms with Gasteiger partial charge >= 0.3 is 6.18 Å². The molecule has 0 saturated heterocycles. The molecule has 104 valence electrons. The van der Waals surface area contributed by atoms with Gasteiger partial charge in [-0.3, -0.25) is 4.79 Å². The highest BCUT2D eigenvalue weighted by Gasteiger charge is 2.32. The highest BCUT2D eigenvalue weighted by molar-refractivity contribution is 6.29. The Kier molecular flexibility index (Phi) is 3.84. The number of halogens is 4. The molecule has 2 aromatic rings. The molecule has 20 heavy (non-hydrogen) atoms. The van der Waals surface area contributed by atoms with Crippen LogP contribution in [0.3, 0.4) is 0 Å². The van der Waals surface area contributed by atoms with Crippen molar-refractivity contribution < 1.29 is 18.0 Å². The predicted molar refractivity (Wildman–Crippen MR) is 64.2 cm³/mol. The molecule has 0 radical (unpaired) electrons. The molecule has 0 aliphatic carbocycles. The van der Waals surface area contributed by atoms with E-state index in [1.165, 1.54) is 6.20 Å². The number of carbonyl (C=O) groups excluding carboxylic acids is 1.